The summed E-state index contributed by atoms with van der Waals surface area (Å²) < 4.78 is 67.2. The molecule has 140 valence electrons. The molecule has 0 saturated heterocycles. The van der Waals surface area contributed by atoms with E-state index in [9.17, 15) is 31.9 Å². The highest BCUT2D eigenvalue weighted by molar-refractivity contribution is 6.33. The monoisotopic (exact) mass is 392 g/mol. The van der Waals surface area contributed by atoms with Crippen LogP contribution in [0.2, 0.25) is 5.02 Å². The molecule has 0 amide bonds. The summed E-state index contributed by atoms with van der Waals surface area (Å²) >= 11 is 6.03. The molecule has 0 aliphatic rings. The van der Waals surface area contributed by atoms with Gasteiger partial charge in [-0.05, 0) is 42.2 Å². The Hall–Kier alpha value is -1.99. The van der Waals surface area contributed by atoms with Gasteiger partial charge in [0, 0.05) is 10.6 Å². The minimum atomic E-state index is -4.93. The molecule has 1 atom stereocenters. The number of aliphatic hydroxyl groups is 1. The summed E-state index contributed by atoms with van der Waals surface area (Å²) in [6, 6.07) is 3.94. The van der Waals surface area contributed by atoms with Crippen LogP contribution in [0.25, 0.3) is 11.1 Å². The lowest BCUT2D eigenvalue weighted by Gasteiger charge is -2.27. The molecule has 1 unspecified atom stereocenters. The summed E-state index contributed by atoms with van der Waals surface area (Å²) in [7, 11) is 0. The van der Waals surface area contributed by atoms with Crippen molar-refractivity contribution in [3.63, 3.8) is 0 Å². The number of benzene rings is 2. The Bertz CT molecular complexity index is 860. The van der Waals surface area contributed by atoms with Gasteiger partial charge in [-0.15, -0.1) is 0 Å². The van der Waals surface area contributed by atoms with E-state index in [2.05, 4.69) is 0 Å². The summed E-state index contributed by atoms with van der Waals surface area (Å²) in [6.07, 6.45) is -4.78. The molecule has 0 radical (unpaired) electrons. The largest absolute Gasteiger partial charge is 0.421 e. The van der Waals surface area contributed by atoms with Crippen LogP contribution in [0.5, 0.6) is 0 Å². The molecular weight excluding hydrogens is 379 g/mol. The van der Waals surface area contributed by atoms with Crippen LogP contribution in [-0.4, -0.2) is 17.6 Å². The van der Waals surface area contributed by atoms with Gasteiger partial charge in [0.2, 0.25) is 0 Å². The maximum Gasteiger partial charge on any atom is 0.421 e. The second kappa shape index (κ2) is 6.96. The molecule has 8 heteroatoms. The maximum atomic E-state index is 14.3. The van der Waals surface area contributed by atoms with Crippen LogP contribution >= 0.6 is 11.6 Å². The Balaban J connectivity index is 2.67. The lowest BCUT2D eigenvalue weighted by atomic mass is 9.90. The van der Waals surface area contributed by atoms with E-state index in [0.717, 1.165) is 24.3 Å². The Kier molecular flexibility index (Phi) is 5.44. The molecule has 2 aromatic carbocycles. The first-order chi connectivity index (χ1) is 12.0. The van der Waals surface area contributed by atoms with Crippen LogP contribution in [0.1, 0.15) is 35.3 Å². The third kappa shape index (κ3) is 3.33. The average molecular weight is 393 g/mol. The smallest absolute Gasteiger partial charge is 0.376 e. The zero-order valence-electron chi connectivity index (χ0n) is 13.7. The highest BCUT2D eigenvalue weighted by Crippen LogP contribution is 2.41. The Morgan fingerprint density at radius 3 is 2.23 bits per heavy atom. The fraction of sp³-hybridized carbons (Fsp3) is 0.278. The van der Waals surface area contributed by atoms with Crippen LogP contribution in [0.3, 0.4) is 0 Å². The Morgan fingerprint density at radius 2 is 1.77 bits per heavy atom. The number of aldehydes is 1. The van der Waals surface area contributed by atoms with Crippen LogP contribution in [0, 0.1) is 11.6 Å². The molecule has 1 N–H and O–H groups in total. The van der Waals surface area contributed by atoms with Gasteiger partial charge in [0.1, 0.15) is 11.6 Å². The summed E-state index contributed by atoms with van der Waals surface area (Å²) in [5.74, 6) is -2.15. The van der Waals surface area contributed by atoms with Gasteiger partial charge in [0.15, 0.2) is 11.9 Å². The molecule has 0 aromatic heterocycles. The first-order valence-electron chi connectivity index (χ1n) is 7.51. The molecule has 0 saturated carbocycles. The van der Waals surface area contributed by atoms with Gasteiger partial charge in [0.25, 0.3) is 0 Å². The second-order valence-electron chi connectivity index (χ2n) is 5.85. The topological polar surface area (TPSA) is 37.3 Å². The minimum Gasteiger partial charge on any atom is -0.376 e. The first-order valence-corrected chi connectivity index (χ1v) is 7.89. The quantitative estimate of drug-likeness (QED) is 0.556. The van der Waals surface area contributed by atoms with Crippen molar-refractivity contribution in [1.82, 2.24) is 0 Å². The summed E-state index contributed by atoms with van der Waals surface area (Å²) in [4.78, 5) is 10.8. The highest BCUT2D eigenvalue weighted by Gasteiger charge is 2.51. The highest BCUT2D eigenvalue weighted by atomic mass is 35.5. The van der Waals surface area contributed by atoms with Crippen molar-refractivity contribution >= 4 is 17.9 Å². The predicted octanol–water partition coefficient (Wildman–Crippen LogP) is 5.43. The van der Waals surface area contributed by atoms with Crippen LogP contribution in [-0.2, 0) is 12.0 Å². The number of alkyl halides is 3. The zero-order valence-corrected chi connectivity index (χ0v) is 14.5. The van der Waals surface area contributed by atoms with Gasteiger partial charge in [-0.2, -0.15) is 13.2 Å². The van der Waals surface area contributed by atoms with Crippen molar-refractivity contribution in [2.24, 2.45) is 0 Å². The van der Waals surface area contributed by atoms with Gasteiger partial charge >= 0.3 is 6.18 Å². The van der Waals surface area contributed by atoms with Gasteiger partial charge in [-0.3, -0.25) is 4.79 Å². The fourth-order valence-corrected chi connectivity index (χ4v) is 2.85. The maximum absolute atomic E-state index is 14.3. The molecule has 2 aromatic rings. The molecule has 0 aliphatic heterocycles. The molecule has 0 aliphatic carbocycles. The first kappa shape index (κ1) is 20.3. The molecule has 2 nitrogen and oxygen atoms in total. The van der Waals surface area contributed by atoms with Crippen LogP contribution in [0.4, 0.5) is 22.0 Å². The summed E-state index contributed by atoms with van der Waals surface area (Å²) in [5.41, 5.74) is -4.26. The number of hydrogen-bond acceptors (Lipinski definition) is 2. The zero-order chi connectivity index (χ0) is 19.9. The molecular formula is C18H14ClF5O2. The van der Waals surface area contributed by atoms with Crippen molar-refractivity contribution in [3.05, 3.63) is 57.6 Å². The van der Waals surface area contributed by atoms with Crippen molar-refractivity contribution < 1.29 is 31.9 Å². The molecule has 0 heterocycles. The number of rotatable bonds is 4. The summed E-state index contributed by atoms with van der Waals surface area (Å²) in [5, 5.41) is 9.50. The van der Waals surface area contributed by atoms with Crippen LogP contribution in [0.15, 0.2) is 24.3 Å². The van der Waals surface area contributed by atoms with Gasteiger partial charge < -0.3 is 5.11 Å². The lowest BCUT2D eigenvalue weighted by Crippen LogP contribution is -2.39. The molecule has 0 fully saturated rings. The average Bonchev–Trinajstić information content (AvgIpc) is 2.53. The Labute approximate surface area is 151 Å². The molecule has 0 bridgehead atoms. The van der Waals surface area contributed by atoms with E-state index < -0.39 is 34.5 Å². The van der Waals surface area contributed by atoms with E-state index in [4.69, 9.17) is 11.6 Å². The molecule has 0 spiro atoms. The summed E-state index contributed by atoms with van der Waals surface area (Å²) in [6.45, 7) is 2.15. The van der Waals surface area contributed by atoms with Crippen molar-refractivity contribution in [1.29, 1.82) is 0 Å². The van der Waals surface area contributed by atoms with E-state index in [1.165, 1.54) is 0 Å². The number of carbonyl (C=O) groups is 1. The van der Waals surface area contributed by atoms with E-state index in [1.807, 2.05) is 0 Å². The predicted molar refractivity (Wildman–Crippen MR) is 87.2 cm³/mol. The minimum absolute atomic E-state index is 0.00531. The number of halogens is 6. The van der Waals surface area contributed by atoms with Gasteiger partial charge in [-0.25, -0.2) is 8.78 Å². The lowest BCUT2D eigenvalue weighted by molar-refractivity contribution is -0.258. The molecule has 26 heavy (non-hydrogen) atoms. The Morgan fingerprint density at radius 1 is 1.15 bits per heavy atom. The number of carbonyl (C=O) groups excluding carboxylic acids is 1. The third-order valence-electron chi connectivity index (χ3n) is 4.20. The van der Waals surface area contributed by atoms with E-state index in [1.54, 1.807) is 6.92 Å². The SMILES string of the molecule is CCc1c(-c2ccc(C(C)(O)C(F)(F)F)cc2Cl)cc(F)c(C=O)c1F. The van der Waals surface area contributed by atoms with Crippen molar-refractivity contribution in [2.75, 3.05) is 0 Å². The van der Waals surface area contributed by atoms with E-state index in [-0.39, 0.29) is 34.4 Å². The molecule has 2 rings (SSSR count). The normalized spacial score (nSPS) is 14.2. The van der Waals surface area contributed by atoms with Crippen molar-refractivity contribution in [3.8, 4) is 11.1 Å². The van der Waals surface area contributed by atoms with E-state index in [0.29, 0.717) is 6.92 Å². The fourth-order valence-electron chi connectivity index (χ4n) is 2.57. The standard InChI is InChI=1S/C18H14ClF5O2/c1-3-10-12(7-15(20)13(8-25)16(10)21)11-5-4-9(6-14(11)19)17(2,26)18(22,23)24/h4-8,26H,3H2,1-2H3. The van der Waals surface area contributed by atoms with Gasteiger partial charge in [-0.1, -0.05) is 30.7 Å². The third-order valence-corrected chi connectivity index (χ3v) is 4.51. The second-order valence-corrected chi connectivity index (χ2v) is 6.26. The van der Waals surface area contributed by atoms with Crippen molar-refractivity contribution in [2.45, 2.75) is 32.0 Å². The van der Waals surface area contributed by atoms with E-state index >= 15 is 0 Å². The van der Waals surface area contributed by atoms with Crippen LogP contribution < -0.4 is 0 Å². The van der Waals surface area contributed by atoms with Gasteiger partial charge in [0.05, 0.1) is 5.56 Å². The number of hydrogen-bond donors (Lipinski definition) is 1.